The van der Waals surface area contributed by atoms with Gasteiger partial charge in [0.05, 0.1) is 0 Å². The van der Waals surface area contributed by atoms with E-state index in [1.807, 2.05) is 0 Å². The summed E-state index contributed by atoms with van der Waals surface area (Å²) in [6, 6.07) is 4.50. The number of aromatic nitrogens is 1. The number of halogens is 3. The van der Waals surface area contributed by atoms with Gasteiger partial charge >= 0.3 is 0 Å². The standard InChI is InChI=1S/C12H6F3N3O2S/c13-7-4-8(14)12(9(15)5-7)18-21(19,20)11-2-1-3-17-10(11)6-16/h1-5,18H. The molecule has 0 unspecified atom stereocenters. The summed E-state index contributed by atoms with van der Waals surface area (Å²) < 4.78 is 65.4. The van der Waals surface area contributed by atoms with Gasteiger partial charge < -0.3 is 0 Å². The molecular weight excluding hydrogens is 307 g/mol. The Labute approximate surface area is 117 Å². The molecule has 0 saturated carbocycles. The Morgan fingerprint density at radius 1 is 1.19 bits per heavy atom. The van der Waals surface area contributed by atoms with E-state index in [0.29, 0.717) is 12.1 Å². The lowest BCUT2D eigenvalue weighted by atomic mass is 10.3. The van der Waals surface area contributed by atoms with Crippen LogP contribution in [0.15, 0.2) is 35.4 Å². The van der Waals surface area contributed by atoms with Crippen LogP contribution in [0.4, 0.5) is 18.9 Å². The zero-order valence-corrected chi connectivity index (χ0v) is 11.0. The van der Waals surface area contributed by atoms with E-state index < -0.39 is 43.8 Å². The summed E-state index contributed by atoms with van der Waals surface area (Å²) in [4.78, 5) is 2.99. The lowest BCUT2D eigenvalue weighted by Gasteiger charge is -2.10. The fourth-order valence-electron chi connectivity index (χ4n) is 1.52. The summed E-state index contributed by atoms with van der Waals surface area (Å²) >= 11 is 0. The maximum atomic E-state index is 13.5. The van der Waals surface area contributed by atoms with Gasteiger partial charge in [0.15, 0.2) is 17.3 Å². The molecule has 1 heterocycles. The minimum Gasteiger partial charge on any atom is -0.274 e. The van der Waals surface area contributed by atoms with Crippen molar-refractivity contribution in [1.82, 2.24) is 4.98 Å². The molecule has 0 aliphatic heterocycles. The van der Waals surface area contributed by atoms with Gasteiger partial charge in [0.2, 0.25) is 0 Å². The molecule has 1 aromatic carbocycles. The van der Waals surface area contributed by atoms with Gasteiger partial charge in [-0.25, -0.2) is 26.6 Å². The summed E-state index contributed by atoms with van der Waals surface area (Å²) in [6.07, 6.45) is 1.19. The molecule has 0 spiro atoms. The SMILES string of the molecule is N#Cc1ncccc1S(=O)(=O)Nc1c(F)cc(F)cc1F. The topological polar surface area (TPSA) is 82.8 Å². The van der Waals surface area contributed by atoms with E-state index in [1.165, 1.54) is 12.3 Å². The highest BCUT2D eigenvalue weighted by Gasteiger charge is 2.23. The number of benzene rings is 1. The molecule has 0 aliphatic carbocycles. The summed E-state index contributed by atoms with van der Waals surface area (Å²) in [6.45, 7) is 0. The lowest BCUT2D eigenvalue weighted by molar-refractivity contribution is 0.547. The summed E-state index contributed by atoms with van der Waals surface area (Å²) in [7, 11) is -4.45. The number of hydrogen-bond donors (Lipinski definition) is 1. The van der Waals surface area contributed by atoms with Crippen LogP contribution >= 0.6 is 0 Å². The van der Waals surface area contributed by atoms with Crippen LogP contribution in [-0.2, 0) is 10.0 Å². The smallest absolute Gasteiger partial charge is 0.264 e. The number of nitrogens with zero attached hydrogens (tertiary/aromatic N) is 2. The Morgan fingerprint density at radius 2 is 1.81 bits per heavy atom. The van der Waals surface area contributed by atoms with E-state index in [2.05, 4.69) is 4.98 Å². The molecular formula is C12H6F3N3O2S. The monoisotopic (exact) mass is 313 g/mol. The second kappa shape index (κ2) is 5.41. The molecule has 0 saturated heterocycles. The first-order chi connectivity index (χ1) is 9.85. The average molecular weight is 313 g/mol. The highest BCUT2D eigenvalue weighted by molar-refractivity contribution is 7.92. The van der Waals surface area contributed by atoms with Gasteiger partial charge in [0, 0.05) is 18.3 Å². The van der Waals surface area contributed by atoms with Gasteiger partial charge in [-0.05, 0) is 12.1 Å². The number of nitriles is 1. The fourth-order valence-corrected chi connectivity index (χ4v) is 2.70. The summed E-state index contributed by atoms with van der Waals surface area (Å²) in [5.74, 6) is -4.02. The molecule has 0 atom stereocenters. The molecule has 2 rings (SSSR count). The molecule has 5 nitrogen and oxygen atoms in total. The van der Waals surface area contributed by atoms with E-state index in [4.69, 9.17) is 5.26 Å². The van der Waals surface area contributed by atoms with Crippen molar-refractivity contribution in [3.8, 4) is 6.07 Å². The van der Waals surface area contributed by atoms with Crippen molar-refractivity contribution < 1.29 is 21.6 Å². The number of nitrogens with one attached hydrogen (secondary N) is 1. The molecule has 9 heteroatoms. The zero-order chi connectivity index (χ0) is 15.6. The van der Waals surface area contributed by atoms with E-state index in [1.54, 1.807) is 10.8 Å². The first kappa shape index (κ1) is 14.8. The van der Waals surface area contributed by atoms with Crippen molar-refractivity contribution >= 4 is 15.7 Å². The largest absolute Gasteiger partial charge is 0.274 e. The third-order valence-electron chi connectivity index (χ3n) is 2.41. The van der Waals surface area contributed by atoms with Crippen LogP contribution in [0.2, 0.25) is 0 Å². The van der Waals surface area contributed by atoms with Crippen molar-refractivity contribution in [3.05, 3.63) is 53.6 Å². The Kier molecular flexibility index (Phi) is 3.82. The number of anilines is 1. The maximum absolute atomic E-state index is 13.5. The van der Waals surface area contributed by atoms with Gasteiger partial charge in [0.1, 0.15) is 22.5 Å². The Hall–Kier alpha value is -2.60. The van der Waals surface area contributed by atoms with E-state index >= 15 is 0 Å². The van der Waals surface area contributed by atoms with Gasteiger partial charge in [-0.15, -0.1) is 0 Å². The normalized spacial score (nSPS) is 11.0. The van der Waals surface area contributed by atoms with Crippen molar-refractivity contribution in [2.24, 2.45) is 0 Å². The van der Waals surface area contributed by atoms with Crippen LogP contribution in [0.5, 0.6) is 0 Å². The van der Waals surface area contributed by atoms with Crippen LogP contribution in [0, 0.1) is 28.8 Å². The molecule has 2 aromatic rings. The number of sulfonamides is 1. The molecule has 0 bridgehead atoms. The number of rotatable bonds is 3. The molecule has 1 N–H and O–H groups in total. The highest BCUT2D eigenvalue weighted by Crippen LogP contribution is 2.24. The van der Waals surface area contributed by atoms with Crippen molar-refractivity contribution in [1.29, 1.82) is 5.26 Å². The molecule has 108 valence electrons. The zero-order valence-electron chi connectivity index (χ0n) is 10.1. The third-order valence-corrected chi connectivity index (χ3v) is 3.79. The first-order valence-corrected chi connectivity index (χ1v) is 6.86. The molecule has 21 heavy (non-hydrogen) atoms. The summed E-state index contributed by atoms with van der Waals surface area (Å²) in [5.41, 5.74) is -1.47. The van der Waals surface area contributed by atoms with Gasteiger partial charge in [-0.3, -0.25) is 4.72 Å². The van der Waals surface area contributed by atoms with Gasteiger partial charge in [0.25, 0.3) is 10.0 Å². The molecule has 0 fully saturated rings. The molecule has 0 radical (unpaired) electrons. The minimum atomic E-state index is -4.45. The quantitative estimate of drug-likeness (QED) is 0.941. The minimum absolute atomic E-state index is 0.329. The van der Waals surface area contributed by atoms with Crippen LogP contribution < -0.4 is 4.72 Å². The Morgan fingerprint density at radius 3 is 2.38 bits per heavy atom. The summed E-state index contributed by atoms with van der Waals surface area (Å²) in [5, 5.41) is 8.79. The second-order valence-electron chi connectivity index (χ2n) is 3.81. The van der Waals surface area contributed by atoms with Crippen LogP contribution in [0.3, 0.4) is 0 Å². The van der Waals surface area contributed by atoms with Gasteiger partial charge in [-0.1, -0.05) is 0 Å². The number of pyridine rings is 1. The van der Waals surface area contributed by atoms with Crippen LogP contribution in [0.25, 0.3) is 0 Å². The average Bonchev–Trinajstić information content (AvgIpc) is 2.43. The first-order valence-electron chi connectivity index (χ1n) is 5.37. The van der Waals surface area contributed by atoms with Crippen molar-refractivity contribution in [3.63, 3.8) is 0 Å². The highest BCUT2D eigenvalue weighted by atomic mass is 32.2. The molecule has 0 amide bonds. The maximum Gasteiger partial charge on any atom is 0.264 e. The van der Waals surface area contributed by atoms with Crippen molar-refractivity contribution in [2.45, 2.75) is 4.90 Å². The van der Waals surface area contributed by atoms with E-state index in [9.17, 15) is 21.6 Å². The molecule has 1 aromatic heterocycles. The predicted molar refractivity (Wildman–Crippen MR) is 66.1 cm³/mol. The van der Waals surface area contributed by atoms with E-state index in [-0.39, 0.29) is 0 Å². The van der Waals surface area contributed by atoms with Crippen LogP contribution in [0.1, 0.15) is 5.69 Å². The lowest BCUT2D eigenvalue weighted by Crippen LogP contribution is -2.17. The Balaban J connectivity index is 2.51. The third kappa shape index (κ3) is 2.95. The van der Waals surface area contributed by atoms with Crippen molar-refractivity contribution in [2.75, 3.05) is 4.72 Å². The fraction of sp³-hybridized carbons (Fsp3) is 0. The van der Waals surface area contributed by atoms with Gasteiger partial charge in [-0.2, -0.15) is 5.26 Å². The predicted octanol–water partition coefficient (Wildman–Crippen LogP) is 2.17. The van der Waals surface area contributed by atoms with Crippen LogP contribution in [-0.4, -0.2) is 13.4 Å². The number of hydrogen-bond acceptors (Lipinski definition) is 4. The second-order valence-corrected chi connectivity index (χ2v) is 5.46. The van der Waals surface area contributed by atoms with E-state index in [0.717, 1.165) is 6.07 Å². The molecule has 0 aliphatic rings. The Bertz CT molecular complexity index is 824.